The minimum Gasteiger partial charge on any atom is -0.389 e. The van der Waals surface area contributed by atoms with Gasteiger partial charge in [-0.25, -0.2) is 0 Å². The largest absolute Gasteiger partial charge is 0.389 e. The third-order valence-corrected chi connectivity index (χ3v) is 19.6. The van der Waals surface area contributed by atoms with Crippen LogP contribution < -0.4 is 0 Å². The van der Waals surface area contributed by atoms with Crippen LogP contribution in [-0.4, -0.2) is 51.3 Å². The summed E-state index contributed by atoms with van der Waals surface area (Å²) in [7, 11) is 0. The van der Waals surface area contributed by atoms with Gasteiger partial charge in [-0.3, -0.25) is 24.0 Å². The molecule has 7 aliphatic carbocycles. The van der Waals surface area contributed by atoms with Crippen LogP contribution >= 0.6 is 0 Å². The SMILES string of the molecule is CC1=CC(=O)CC(CC(C)C)C1.CC1=CC(O)CC(CC(C)C)C1.CCCCC1CC(=O)C=C(C)C1.CCCCCC1CC(=O)C=C(C)C1.CCCCCCC1CC(=O)C=C(C)C1.CCCCCCCC1CC(=O)C=C(C)C1.CCCCCCCC1CC(C)=CC(O)C1. The molecule has 0 amide bonds. The number of aliphatic hydroxyl groups excluding tert-OH is 2. The fraction of sp³-hybridized carbons (Fsp3) is 0.779. The van der Waals surface area contributed by atoms with E-state index in [0.717, 1.165) is 88.9 Å². The molecule has 0 aliphatic heterocycles. The molecule has 0 spiro atoms. The van der Waals surface area contributed by atoms with Crippen molar-refractivity contribution < 1.29 is 34.2 Å². The third kappa shape index (κ3) is 47.9. The maximum absolute atomic E-state index is 11.3. The average Bonchev–Trinajstić information content (AvgIpc) is 2.53. The van der Waals surface area contributed by atoms with Crippen LogP contribution in [0.2, 0.25) is 0 Å². The number of unbranched alkanes of at least 4 members (excludes halogenated alkanes) is 14. The summed E-state index contributed by atoms with van der Waals surface area (Å²) in [5, 5.41) is 19.1. The standard InChI is InChI=1S/C14H26O.C14H24O.C13H22O.C12H20O.C11H20O.2C11H18O/c2*1-3-4-5-6-7-8-13-9-12(2)10-14(15)11-13;1-3-4-5-6-7-12-8-11(2)9-13(14)10-12;1-3-4-5-6-11-7-10(2)8-12(13)9-11;2*1-8(2)4-10-5-9(3)6-11(12)7-10;1-3-4-5-10-6-9(2)7-11(12)8-10/h10,13-15H,3-9,11H2,1-2H3;10,13H,3-9,11H2,1-2H3;9,12H,3-8,10H2,1-2H3;8,11H,3-7,9H2,1-2H3;6,8,10-12H,4-5,7H2,1-3H3;6,8,10H,4-5,7H2,1-3H3;7,10H,3-6,8H2,1-2H3. The molecule has 0 aromatic heterocycles. The zero-order valence-corrected chi connectivity index (χ0v) is 63.6. The topological polar surface area (TPSA) is 126 Å². The van der Waals surface area contributed by atoms with Crippen LogP contribution in [-0.2, 0) is 24.0 Å². The second-order valence-corrected chi connectivity index (χ2v) is 31.6. The van der Waals surface area contributed by atoms with Crippen LogP contribution in [0.4, 0.5) is 0 Å². The first-order chi connectivity index (χ1) is 44.2. The molecule has 7 aliphatic rings. The van der Waals surface area contributed by atoms with Gasteiger partial charge in [0.15, 0.2) is 28.9 Å². The average molecular weight is 1290 g/mol. The van der Waals surface area contributed by atoms with E-state index in [2.05, 4.69) is 111 Å². The van der Waals surface area contributed by atoms with Gasteiger partial charge in [0, 0.05) is 32.1 Å². The molecule has 7 heteroatoms. The predicted molar refractivity (Wildman–Crippen MR) is 401 cm³/mol. The highest BCUT2D eigenvalue weighted by molar-refractivity contribution is 5.93. The molecule has 7 nitrogen and oxygen atoms in total. The number of hydrogen-bond acceptors (Lipinski definition) is 7. The van der Waals surface area contributed by atoms with Crippen molar-refractivity contribution in [2.75, 3.05) is 0 Å². The molecule has 0 aromatic rings. The Labute approximate surface area is 574 Å². The van der Waals surface area contributed by atoms with E-state index in [1.54, 1.807) is 6.08 Å². The lowest BCUT2D eigenvalue weighted by Gasteiger charge is -2.25. The van der Waals surface area contributed by atoms with Crippen LogP contribution in [0.15, 0.2) is 81.5 Å². The maximum atomic E-state index is 11.3. The molecule has 2 N–H and O–H groups in total. The van der Waals surface area contributed by atoms with Gasteiger partial charge in [0.05, 0.1) is 12.2 Å². The molecule has 0 saturated heterocycles. The molecule has 0 fully saturated rings. The smallest absolute Gasteiger partial charge is 0.155 e. The molecule has 0 aromatic carbocycles. The van der Waals surface area contributed by atoms with Crippen molar-refractivity contribution in [1.29, 1.82) is 0 Å². The van der Waals surface area contributed by atoms with Crippen molar-refractivity contribution in [3.8, 4) is 0 Å². The lowest BCUT2D eigenvalue weighted by atomic mass is 9.83. The van der Waals surface area contributed by atoms with Gasteiger partial charge in [-0.15, -0.1) is 0 Å². The summed E-state index contributed by atoms with van der Waals surface area (Å²) in [6, 6.07) is 0. The molecule has 0 bridgehead atoms. The normalized spacial score (nSPS) is 24.5. The van der Waals surface area contributed by atoms with Crippen molar-refractivity contribution in [1.82, 2.24) is 0 Å². The van der Waals surface area contributed by atoms with Crippen LogP contribution in [0.1, 0.15) is 368 Å². The third-order valence-electron chi connectivity index (χ3n) is 19.6. The fourth-order valence-electron chi connectivity index (χ4n) is 15.5. The summed E-state index contributed by atoms with van der Waals surface area (Å²) < 4.78 is 0. The first kappa shape index (κ1) is 87.5. The molecule has 7 rings (SSSR count). The quantitative estimate of drug-likeness (QED) is 0.0590. The highest BCUT2D eigenvalue weighted by atomic mass is 16.3. The lowest BCUT2D eigenvalue weighted by molar-refractivity contribution is -0.116. The van der Waals surface area contributed by atoms with E-state index in [1.165, 1.54) is 219 Å². The minimum absolute atomic E-state index is 0.167. The van der Waals surface area contributed by atoms with Gasteiger partial charge in [-0.1, -0.05) is 242 Å². The summed E-state index contributed by atoms with van der Waals surface area (Å²) in [5.74, 6) is 7.79. The number of allylic oxidation sites excluding steroid dienone is 12. The Balaban J connectivity index is 0.000000543. The monoisotopic (exact) mass is 1290 g/mol. The van der Waals surface area contributed by atoms with Crippen molar-refractivity contribution >= 4 is 28.9 Å². The van der Waals surface area contributed by atoms with Gasteiger partial charge < -0.3 is 10.2 Å². The summed E-state index contributed by atoms with van der Waals surface area (Å²) in [5.41, 5.74) is 9.11. The summed E-state index contributed by atoms with van der Waals surface area (Å²) in [6.45, 7) is 34.7. The van der Waals surface area contributed by atoms with Gasteiger partial charge in [-0.2, -0.15) is 0 Å². The Morgan fingerprint density at radius 1 is 0.290 bits per heavy atom. The van der Waals surface area contributed by atoms with E-state index >= 15 is 0 Å². The first-order valence-corrected chi connectivity index (χ1v) is 39.0. The molecule has 0 saturated carbocycles. The summed E-state index contributed by atoms with van der Waals surface area (Å²) >= 11 is 0. The molecule has 9 unspecified atom stereocenters. The molecule has 93 heavy (non-hydrogen) atoms. The molecular weight excluding hydrogens is 1140 g/mol. The van der Waals surface area contributed by atoms with Crippen molar-refractivity contribution in [3.63, 3.8) is 0 Å². The van der Waals surface area contributed by atoms with Crippen molar-refractivity contribution in [2.45, 2.75) is 380 Å². The Morgan fingerprint density at radius 2 is 0.516 bits per heavy atom. The Hall–Kier alpha value is -3.55. The number of carbonyl (C=O) groups excluding carboxylic acids is 5. The number of aliphatic hydroxyl groups is 2. The van der Waals surface area contributed by atoms with E-state index in [4.69, 9.17) is 0 Å². The van der Waals surface area contributed by atoms with Crippen LogP contribution in [0.5, 0.6) is 0 Å². The lowest BCUT2D eigenvalue weighted by Crippen LogP contribution is -2.18. The van der Waals surface area contributed by atoms with Gasteiger partial charge >= 0.3 is 0 Å². The van der Waals surface area contributed by atoms with Gasteiger partial charge in [0.2, 0.25) is 0 Å². The van der Waals surface area contributed by atoms with Gasteiger partial charge in [0.1, 0.15) is 0 Å². The van der Waals surface area contributed by atoms with Crippen molar-refractivity contribution in [3.05, 3.63) is 81.5 Å². The molecular formula is C86H148O7. The van der Waals surface area contributed by atoms with Crippen molar-refractivity contribution in [2.24, 2.45) is 53.3 Å². The first-order valence-electron chi connectivity index (χ1n) is 39.0. The highest BCUT2D eigenvalue weighted by Gasteiger charge is 2.24. The highest BCUT2D eigenvalue weighted by Crippen LogP contribution is 2.33. The maximum Gasteiger partial charge on any atom is 0.155 e. The summed E-state index contributed by atoms with van der Waals surface area (Å²) in [6.07, 6.45) is 60.7. The van der Waals surface area contributed by atoms with Crippen LogP contribution in [0.3, 0.4) is 0 Å². The molecule has 0 heterocycles. The number of hydrogen-bond donors (Lipinski definition) is 2. The van der Waals surface area contributed by atoms with Gasteiger partial charge in [0.25, 0.3) is 0 Å². The number of carbonyl (C=O) groups is 5. The van der Waals surface area contributed by atoms with E-state index in [-0.39, 0.29) is 12.2 Å². The van der Waals surface area contributed by atoms with E-state index in [0.29, 0.717) is 70.3 Å². The molecule has 0 radical (unpaired) electrons. The summed E-state index contributed by atoms with van der Waals surface area (Å²) in [4.78, 5) is 56.2. The van der Waals surface area contributed by atoms with Gasteiger partial charge in [-0.05, 0) is 228 Å². The Bertz CT molecular complexity index is 2300. The van der Waals surface area contributed by atoms with E-state index in [9.17, 15) is 34.2 Å². The zero-order chi connectivity index (χ0) is 69.5. The number of ketones is 5. The molecule has 9 atom stereocenters. The zero-order valence-electron chi connectivity index (χ0n) is 63.6. The Kier molecular flexibility index (Phi) is 50.3. The predicted octanol–water partition coefficient (Wildman–Crippen LogP) is 24.5. The van der Waals surface area contributed by atoms with E-state index in [1.807, 2.05) is 36.5 Å². The second-order valence-electron chi connectivity index (χ2n) is 31.6. The number of rotatable bonds is 28. The van der Waals surface area contributed by atoms with Crippen LogP contribution in [0.25, 0.3) is 0 Å². The Morgan fingerprint density at radius 3 is 0.828 bits per heavy atom. The van der Waals surface area contributed by atoms with Crippen LogP contribution in [0, 0.1) is 53.3 Å². The fourth-order valence-corrected chi connectivity index (χ4v) is 15.5. The van der Waals surface area contributed by atoms with E-state index < -0.39 is 0 Å². The second kappa shape index (κ2) is 53.5. The molecule has 534 valence electrons. The minimum atomic E-state index is -0.178.